The van der Waals surface area contributed by atoms with Crippen molar-refractivity contribution in [2.75, 3.05) is 26.3 Å². The standard InChI is InChI=1S/C19H26N4O3/c1-22-9-4-7-16(22)19(24)23-11-15(12-23)18-20-17(21-26-18)8-10-25-13-14-5-2-3-6-14/h4,7,9,14-15H,2-3,5-6,8,10-13H2,1H3. The quantitative estimate of drug-likeness (QED) is 0.711. The Balaban J connectivity index is 1.20. The molecule has 7 nitrogen and oxygen atoms in total. The van der Waals surface area contributed by atoms with Crippen LogP contribution in [0.2, 0.25) is 0 Å². The Kier molecular flexibility index (Phi) is 5.06. The summed E-state index contributed by atoms with van der Waals surface area (Å²) >= 11 is 0. The van der Waals surface area contributed by atoms with Crippen LogP contribution in [0.5, 0.6) is 0 Å². The van der Waals surface area contributed by atoms with Gasteiger partial charge in [-0.25, -0.2) is 0 Å². The van der Waals surface area contributed by atoms with E-state index in [9.17, 15) is 4.79 Å². The van der Waals surface area contributed by atoms with Crippen LogP contribution in [0.25, 0.3) is 0 Å². The first-order valence-electron chi connectivity index (χ1n) is 9.51. The van der Waals surface area contributed by atoms with Crippen LogP contribution in [0.3, 0.4) is 0 Å². The van der Waals surface area contributed by atoms with Gasteiger partial charge in [0.15, 0.2) is 5.82 Å². The van der Waals surface area contributed by atoms with E-state index in [0.29, 0.717) is 43.5 Å². The SMILES string of the molecule is Cn1cccc1C(=O)N1CC(c2nc(CCOCC3CCCC3)no2)C1. The third-order valence-electron chi connectivity index (χ3n) is 5.46. The molecule has 1 amide bonds. The van der Waals surface area contributed by atoms with E-state index in [0.717, 1.165) is 12.5 Å². The second kappa shape index (κ2) is 7.61. The van der Waals surface area contributed by atoms with E-state index >= 15 is 0 Å². The number of hydrogen-bond donors (Lipinski definition) is 0. The average molecular weight is 358 g/mol. The Hall–Kier alpha value is -2.15. The lowest BCUT2D eigenvalue weighted by Crippen LogP contribution is -2.49. The number of aromatic nitrogens is 3. The molecule has 4 rings (SSSR count). The predicted molar refractivity (Wildman–Crippen MR) is 94.8 cm³/mol. The maximum Gasteiger partial charge on any atom is 0.270 e. The zero-order valence-corrected chi connectivity index (χ0v) is 15.3. The highest BCUT2D eigenvalue weighted by Gasteiger charge is 2.36. The summed E-state index contributed by atoms with van der Waals surface area (Å²) in [6, 6.07) is 3.72. The average Bonchev–Trinajstić information content (AvgIpc) is 3.32. The molecule has 1 aliphatic heterocycles. The van der Waals surface area contributed by atoms with Gasteiger partial charge in [0.2, 0.25) is 5.89 Å². The summed E-state index contributed by atoms with van der Waals surface area (Å²) in [5.41, 5.74) is 0.703. The van der Waals surface area contributed by atoms with Crippen molar-refractivity contribution in [2.45, 2.75) is 38.0 Å². The van der Waals surface area contributed by atoms with Gasteiger partial charge in [0.05, 0.1) is 12.5 Å². The molecule has 1 aliphatic carbocycles. The van der Waals surface area contributed by atoms with Gasteiger partial charge < -0.3 is 18.7 Å². The summed E-state index contributed by atoms with van der Waals surface area (Å²) in [7, 11) is 1.88. The van der Waals surface area contributed by atoms with Crippen LogP contribution >= 0.6 is 0 Å². The smallest absolute Gasteiger partial charge is 0.270 e. The van der Waals surface area contributed by atoms with Gasteiger partial charge in [-0.3, -0.25) is 4.79 Å². The van der Waals surface area contributed by atoms with E-state index in [4.69, 9.17) is 9.26 Å². The lowest BCUT2D eigenvalue weighted by molar-refractivity contribution is 0.0559. The molecule has 1 saturated heterocycles. The Morgan fingerprint density at radius 2 is 2.15 bits per heavy atom. The number of amides is 1. The molecule has 2 aliphatic rings. The lowest BCUT2D eigenvalue weighted by Gasteiger charge is -2.37. The largest absolute Gasteiger partial charge is 0.381 e. The first kappa shape index (κ1) is 17.3. The molecular formula is C19H26N4O3. The molecule has 0 unspecified atom stereocenters. The van der Waals surface area contributed by atoms with E-state index < -0.39 is 0 Å². The molecule has 0 N–H and O–H groups in total. The van der Waals surface area contributed by atoms with E-state index in [-0.39, 0.29) is 11.8 Å². The van der Waals surface area contributed by atoms with Gasteiger partial charge in [0, 0.05) is 39.4 Å². The zero-order valence-electron chi connectivity index (χ0n) is 15.3. The van der Waals surface area contributed by atoms with Crippen molar-refractivity contribution >= 4 is 5.91 Å². The van der Waals surface area contributed by atoms with Crippen molar-refractivity contribution in [2.24, 2.45) is 13.0 Å². The molecule has 0 spiro atoms. The minimum absolute atomic E-state index is 0.0498. The minimum atomic E-state index is 0.0498. The topological polar surface area (TPSA) is 73.4 Å². The molecule has 2 aromatic rings. The predicted octanol–water partition coefficient (Wildman–Crippen LogP) is 2.40. The molecule has 2 fully saturated rings. The maximum absolute atomic E-state index is 12.4. The molecule has 140 valence electrons. The highest BCUT2D eigenvalue weighted by molar-refractivity contribution is 5.93. The van der Waals surface area contributed by atoms with Crippen molar-refractivity contribution in [3.05, 3.63) is 35.7 Å². The summed E-state index contributed by atoms with van der Waals surface area (Å²) in [4.78, 5) is 18.7. The monoisotopic (exact) mass is 358 g/mol. The van der Waals surface area contributed by atoms with Gasteiger partial charge in [0.25, 0.3) is 5.91 Å². The molecular weight excluding hydrogens is 332 g/mol. The van der Waals surface area contributed by atoms with Crippen LogP contribution in [-0.2, 0) is 18.2 Å². The second-order valence-corrected chi connectivity index (χ2v) is 7.44. The molecule has 7 heteroatoms. The molecule has 0 atom stereocenters. The number of ether oxygens (including phenoxy) is 1. The normalized spacial score (nSPS) is 18.4. The Bertz CT molecular complexity index is 742. The molecule has 0 aromatic carbocycles. The van der Waals surface area contributed by atoms with Crippen molar-refractivity contribution in [3.8, 4) is 0 Å². The fourth-order valence-electron chi connectivity index (χ4n) is 3.77. The van der Waals surface area contributed by atoms with Crippen molar-refractivity contribution < 1.29 is 14.1 Å². The van der Waals surface area contributed by atoms with Crippen molar-refractivity contribution in [3.63, 3.8) is 0 Å². The molecule has 3 heterocycles. The van der Waals surface area contributed by atoms with Gasteiger partial charge >= 0.3 is 0 Å². The zero-order chi connectivity index (χ0) is 17.9. The van der Waals surface area contributed by atoms with Gasteiger partial charge in [-0.1, -0.05) is 18.0 Å². The maximum atomic E-state index is 12.4. The van der Waals surface area contributed by atoms with Crippen molar-refractivity contribution in [1.29, 1.82) is 0 Å². The number of nitrogens with zero attached hydrogens (tertiary/aromatic N) is 4. The number of aryl methyl sites for hydroxylation is 1. The second-order valence-electron chi connectivity index (χ2n) is 7.44. The highest BCUT2D eigenvalue weighted by Crippen LogP contribution is 2.27. The van der Waals surface area contributed by atoms with Gasteiger partial charge in [-0.05, 0) is 30.9 Å². The van der Waals surface area contributed by atoms with Crippen molar-refractivity contribution in [1.82, 2.24) is 19.6 Å². The third kappa shape index (κ3) is 3.67. The fraction of sp³-hybridized carbons (Fsp3) is 0.632. The third-order valence-corrected chi connectivity index (χ3v) is 5.46. The Morgan fingerprint density at radius 1 is 1.35 bits per heavy atom. The van der Waals surface area contributed by atoms with E-state index in [1.54, 1.807) is 0 Å². The number of carbonyl (C=O) groups is 1. The Morgan fingerprint density at radius 3 is 2.88 bits per heavy atom. The van der Waals surface area contributed by atoms with Crippen LogP contribution in [0.1, 0.15) is 53.8 Å². The molecule has 1 saturated carbocycles. The summed E-state index contributed by atoms with van der Waals surface area (Å²) in [5.74, 6) is 2.25. The van der Waals surface area contributed by atoms with Crippen LogP contribution < -0.4 is 0 Å². The van der Waals surface area contributed by atoms with Crippen LogP contribution in [0.4, 0.5) is 0 Å². The first-order chi connectivity index (χ1) is 12.7. The van der Waals surface area contributed by atoms with Gasteiger partial charge in [0.1, 0.15) is 5.69 Å². The molecule has 26 heavy (non-hydrogen) atoms. The fourth-order valence-corrected chi connectivity index (χ4v) is 3.77. The highest BCUT2D eigenvalue weighted by atomic mass is 16.5. The molecule has 2 aromatic heterocycles. The summed E-state index contributed by atoms with van der Waals surface area (Å²) in [6.07, 6.45) is 7.83. The van der Waals surface area contributed by atoms with E-state index in [1.807, 2.05) is 34.8 Å². The first-order valence-corrected chi connectivity index (χ1v) is 9.51. The van der Waals surface area contributed by atoms with Crippen LogP contribution in [0, 0.1) is 5.92 Å². The summed E-state index contributed by atoms with van der Waals surface area (Å²) < 4.78 is 13.0. The van der Waals surface area contributed by atoms with E-state index in [1.165, 1.54) is 25.7 Å². The lowest BCUT2D eigenvalue weighted by atomic mass is 9.99. The molecule has 0 radical (unpaired) electrons. The molecule has 0 bridgehead atoms. The van der Waals surface area contributed by atoms with Crippen LogP contribution in [-0.4, -0.2) is 51.8 Å². The summed E-state index contributed by atoms with van der Waals surface area (Å²) in [5, 5.41) is 4.05. The van der Waals surface area contributed by atoms with Gasteiger partial charge in [-0.2, -0.15) is 4.98 Å². The Labute approximate surface area is 153 Å². The minimum Gasteiger partial charge on any atom is -0.381 e. The van der Waals surface area contributed by atoms with Gasteiger partial charge in [-0.15, -0.1) is 0 Å². The number of hydrogen-bond acceptors (Lipinski definition) is 5. The summed E-state index contributed by atoms with van der Waals surface area (Å²) in [6.45, 7) is 2.75. The van der Waals surface area contributed by atoms with E-state index in [2.05, 4.69) is 10.1 Å². The van der Waals surface area contributed by atoms with Crippen LogP contribution in [0.15, 0.2) is 22.9 Å². The number of likely N-dealkylation sites (tertiary alicyclic amines) is 1. The number of rotatable bonds is 7. The number of carbonyl (C=O) groups excluding carboxylic acids is 1.